The largest absolute Gasteiger partial charge is 0.507 e. The summed E-state index contributed by atoms with van der Waals surface area (Å²) in [6.45, 7) is 4.25. The van der Waals surface area contributed by atoms with E-state index in [1.54, 1.807) is 29.3 Å². The molecule has 2 saturated heterocycles. The number of aliphatic hydroxyl groups excluding tert-OH is 1. The lowest BCUT2D eigenvalue weighted by molar-refractivity contribution is 0.185. The molecule has 3 heterocycles. The number of aliphatic hydroxyl groups is 1. The summed E-state index contributed by atoms with van der Waals surface area (Å²) in [6.07, 6.45) is 2.59. The number of piperazine rings is 1. The number of anilines is 2. The van der Waals surface area contributed by atoms with Crippen LogP contribution < -0.4 is 15.1 Å². The molecule has 1 atom stereocenters. The molecule has 5 rings (SSSR count). The molecular formula is C25H27FN4O2. The van der Waals surface area contributed by atoms with Crippen molar-refractivity contribution in [2.45, 2.75) is 19.1 Å². The predicted octanol–water partition coefficient (Wildman–Crippen LogP) is 3.59. The number of nitrogens with one attached hydrogen (secondary N) is 1. The SMILES string of the molecule is Oc1c(-c2ccnc(N3CCNCC3)c2)cccc1-c1ccc(N2CCCC2O)c(F)c1. The van der Waals surface area contributed by atoms with Crippen LogP contribution in [0.4, 0.5) is 15.9 Å². The topological polar surface area (TPSA) is 71.9 Å². The van der Waals surface area contributed by atoms with Gasteiger partial charge in [-0.2, -0.15) is 0 Å². The van der Waals surface area contributed by atoms with Gasteiger partial charge in [0.2, 0.25) is 0 Å². The van der Waals surface area contributed by atoms with E-state index in [2.05, 4.69) is 15.2 Å². The molecule has 2 aromatic carbocycles. The van der Waals surface area contributed by atoms with E-state index in [0.29, 0.717) is 35.3 Å². The Morgan fingerprint density at radius 2 is 1.72 bits per heavy atom. The van der Waals surface area contributed by atoms with Crippen molar-refractivity contribution in [2.24, 2.45) is 0 Å². The molecule has 3 aromatic rings. The fourth-order valence-electron chi connectivity index (χ4n) is 4.60. The van der Waals surface area contributed by atoms with Crippen LogP contribution in [0.5, 0.6) is 5.75 Å². The first-order valence-electron chi connectivity index (χ1n) is 11.1. The number of halogens is 1. The third-order valence-corrected chi connectivity index (χ3v) is 6.32. The Bertz CT molecular complexity index is 1120. The van der Waals surface area contributed by atoms with Gasteiger partial charge in [0.25, 0.3) is 0 Å². The summed E-state index contributed by atoms with van der Waals surface area (Å²) in [5.41, 5.74) is 3.10. The van der Waals surface area contributed by atoms with Crippen molar-refractivity contribution in [1.82, 2.24) is 10.3 Å². The fraction of sp³-hybridized carbons (Fsp3) is 0.320. The fourth-order valence-corrected chi connectivity index (χ4v) is 4.60. The first kappa shape index (κ1) is 20.7. The highest BCUT2D eigenvalue weighted by atomic mass is 19.1. The van der Waals surface area contributed by atoms with Gasteiger partial charge in [0, 0.05) is 50.0 Å². The van der Waals surface area contributed by atoms with E-state index in [1.807, 2.05) is 24.3 Å². The minimum atomic E-state index is -0.649. The van der Waals surface area contributed by atoms with E-state index in [-0.39, 0.29) is 5.75 Å². The number of rotatable bonds is 4. The molecule has 2 aliphatic heterocycles. The highest BCUT2D eigenvalue weighted by molar-refractivity contribution is 5.83. The van der Waals surface area contributed by atoms with Gasteiger partial charge in [0.1, 0.15) is 23.6 Å². The summed E-state index contributed by atoms with van der Waals surface area (Å²) in [7, 11) is 0. The number of hydrogen-bond donors (Lipinski definition) is 3. The molecule has 7 heteroatoms. The molecule has 166 valence electrons. The van der Waals surface area contributed by atoms with Crippen LogP contribution in [0.3, 0.4) is 0 Å². The predicted molar refractivity (Wildman–Crippen MR) is 124 cm³/mol. The standard InChI is InChI=1S/C25H27FN4O2/c26-21-15-17(6-7-22(21)30-12-2-5-24(30)31)19-3-1-4-20(25(19)32)18-8-9-28-23(16-18)29-13-10-27-11-14-29/h1,3-4,6-9,15-16,24,27,31-32H,2,5,10-14H2. The first-order valence-corrected chi connectivity index (χ1v) is 11.1. The summed E-state index contributed by atoms with van der Waals surface area (Å²) in [5.74, 6) is 0.588. The second kappa shape index (κ2) is 8.76. The summed E-state index contributed by atoms with van der Waals surface area (Å²) in [5, 5.41) is 24.5. The zero-order valence-electron chi connectivity index (χ0n) is 17.8. The zero-order valence-corrected chi connectivity index (χ0v) is 17.8. The minimum absolute atomic E-state index is 0.110. The molecule has 0 amide bonds. The number of aromatic hydroxyl groups is 1. The molecule has 2 fully saturated rings. The van der Waals surface area contributed by atoms with Crippen LogP contribution in [-0.4, -0.2) is 54.1 Å². The maximum Gasteiger partial charge on any atom is 0.147 e. The van der Waals surface area contributed by atoms with Gasteiger partial charge in [-0.05, 0) is 48.2 Å². The Hall–Kier alpha value is -3.16. The van der Waals surface area contributed by atoms with E-state index in [0.717, 1.165) is 44.0 Å². The molecule has 2 aliphatic rings. The normalized spacial score (nSPS) is 18.9. The molecular weight excluding hydrogens is 407 g/mol. The van der Waals surface area contributed by atoms with Crippen LogP contribution in [-0.2, 0) is 0 Å². The number of nitrogens with zero attached hydrogens (tertiary/aromatic N) is 3. The van der Waals surface area contributed by atoms with Crippen LogP contribution in [0.15, 0.2) is 54.7 Å². The quantitative estimate of drug-likeness (QED) is 0.583. The molecule has 1 unspecified atom stereocenters. The third kappa shape index (κ3) is 3.89. The van der Waals surface area contributed by atoms with Gasteiger partial charge in [0.15, 0.2) is 0 Å². The Morgan fingerprint density at radius 3 is 2.41 bits per heavy atom. The van der Waals surface area contributed by atoms with Crippen LogP contribution in [0.25, 0.3) is 22.3 Å². The number of para-hydroxylation sites is 1. The average molecular weight is 435 g/mol. The molecule has 0 bridgehead atoms. The van der Waals surface area contributed by atoms with Crippen molar-refractivity contribution in [2.75, 3.05) is 42.5 Å². The molecule has 6 nitrogen and oxygen atoms in total. The number of aromatic nitrogens is 1. The van der Waals surface area contributed by atoms with E-state index >= 15 is 0 Å². The second-order valence-electron chi connectivity index (χ2n) is 8.32. The van der Waals surface area contributed by atoms with Crippen molar-refractivity contribution < 1.29 is 14.6 Å². The smallest absolute Gasteiger partial charge is 0.147 e. The monoisotopic (exact) mass is 434 g/mol. The highest BCUT2D eigenvalue weighted by Gasteiger charge is 2.25. The molecule has 0 spiro atoms. The Labute approximate surface area is 186 Å². The number of phenols is 1. The molecule has 3 N–H and O–H groups in total. The molecule has 32 heavy (non-hydrogen) atoms. The second-order valence-corrected chi connectivity index (χ2v) is 8.32. The molecule has 0 aliphatic carbocycles. The van der Waals surface area contributed by atoms with Gasteiger partial charge in [-0.15, -0.1) is 0 Å². The third-order valence-electron chi connectivity index (χ3n) is 6.32. The summed E-state index contributed by atoms with van der Waals surface area (Å²) in [6, 6.07) is 14.3. The Morgan fingerprint density at radius 1 is 0.969 bits per heavy atom. The van der Waals surface area contributed by atoms with Gasteiger partial charge in [0.05, 0.1) is 5.69 Å². The Kier molecular flexibility index (Phi) is 5.68. The van der Waals surface area contributed by atoms with Gasteiger partial charge in [-0.25, -0.2) is 9.37 Å². The van der Waals surface area contributed by atoms with Crippen molar-refractivity contribution in [3.63, 3.8) is 0 Å². The molecule has 1 aromatic heterocycles. The Balaban J connectivity index is 1.47. The van der Waals surface area contributed by atoms with Crippen LogP contribution in [0.2, 0.25) is 0 Å². The molecule has 0 radical (unpaired) electrons. The number of benzene rings is 2. The minimum Gasteiger partial charge on any atom is -0.507 e. The number of pyridine rings is 1. The maximum absolute atomic E-state index is 14.9. The van der Waals surface area contributed by atoms with Crippen molar-refractivity contribution in [1.29, 1.82) is 0 Å². The van der Waals surface area contributed by atoms with Gasteiger partial charge >= 0.3 is 0 Å². The van der Waals surface area contributed by atoms with Crippen molar-refractivity contribution in [3.8, 4) is 28.0 Å². The van der Waals surface area contributed by atoms with E-state index in [9.17, 15) is 14.6 Å². The van der Waals surface area contributed by atoms with Gasteiger partial charge in [-0.3, -0.25) is 0 Å². The summed E-state index contributed by atoms with van der Waals surface area (Å²) < 4.78 is 14.9. The number of hydrogen-bond acceptors (Lipinski definition) is 6. The summed E-state index contributed by atoms with van der Waals surface area (Å²) in [4.78, 5) is 8.41. The average Bonchev–Trinajstić information content (AvgIpc) is 3.25. The lowest BCUT2D eigenvalue weighted by Gasteiger charge is -2.28. The lowest BCUT2D eigenvalue weighted by Crippen LogP contribution is -2.43. The number of phenolic OH excluding ortho intramolecular Hbond substituents is 1. The summed E-state index contributed by atoms with van der Waals surface area (Å²) >= 11 is 0. The highest BCUT2D eigenvalue weighted by Crippen LogP contribution is 2.40. The van der Waals surface area contributed by atoms with Crippen LogP contribution in [0.1, 0.15) is 12.8 Å². The lowest BCUT2D eigenvalue weighted by atomic mass is 9.97. The first-order chi connectivity index (χ1) is 15.6. The van der Waals surface area contributed by atoms with Crippen LogP contribution >= 0.6 is 0 Å². The molecule has 0 saturated carbocycles. The van der Waals surface area contributed by atoms with E-state index in [1.165, 1.54) is 6.07 Å². The van der Waals surface area contributed by atoms with Crippen molar-refractivity contribution in [3.05, 3.63) is 60.5 Å². The van der Waals surface area contributed by atoms with Gasteiger partial charge in [-0.1, -0.05) is 24.3 Å². The van der Waals surface area contributed by atoms with E-state index < -0.39 is 12.0 Å². The zero-order chi connectivity index (χ0) is 22.1. The van der Waals surface area contributed by atoms with Crippen LogP contribution in [0, 0.1) is 5.82 Å². The van der Waals surface area contributed by atoms with Crippen molar-refractivity contribution >= 4 is 11.5 Å². The van der Waals surface area contributed by atoms with E-state index in [4.69, 9.17) is 0 Å². The van der Waals surface area contributed by atoms with Gasteiger partial charge < -0.3 is 25.3 Å². The maximum atomic E-state index is 14.9.